The normalized spacial score (nSPS) is 45.1. The molecule has 2 fully saturated rings. The Morgan fingerprint density at radius 1 is 1.67 bits per heavy atom. The van der Waals surface area contributed by atoms with Crippen molar-refractivity contribution in [1.82, 2.24) is 0 Å². The van der Waals surface area contributed by atoms with Gasteiger partial charge in [0.15, 0.2) is 0 Å². The van der Waals surface area contributed by atoms with Crippen molar-refractivity contribution in [2.75, 3.05) is 0 Å². The highest BCUT2D eigenvalue weighted by Gasteiger charge is 2.52. The van der Waals surface area contributed by atoms with Gasteiger partial charge in [0.1, 0.15) is 0 Å². The minimum absolute atomic E-state index is 0.403. The maximum absolute atomic E-state index is 10.5. The molecule has 0 aromatic carbocycles. The average molecular weight is 168 g/mol. The minimum atomic E-state index is -0.617. The van der Waals surface area contributed by atoms with E-state index in [4.69, 9.17) is 5.11 Å². The third-order valence-corrected chi connectivity index (χ3v) is 3.89. The Morgan fingerprint density at radius 3 is 3.00 bits per heavy atom. The zero-order valence-electron chi connectivity index (χ0n) is 7.55. The molecule has 0 amide bonds. The van der Waals surface area contributed by atoms with E-state index in [1.807, 2.05) is 0 Å². The smallest absolute Gasteiger partial charge is 0.303 e. The Morgan fingerprint density at radius 2 is 2.42 bits per heavy atom. The molecule has 3 atom stereocenters. The number of rotatable bonds is 2. The Bertz CT molecular complexity index is 212. The number of hydrogen-bond acceptors (Lipinski definition) is 1. The largest absolute Gasteiger partial charge is 0.481 e. The number of carboxylic acid groups (broad SMARTS) is 1. The van der Waals surface area contributed by atoms with Crippen molar-refractivity contribution in [2.24, 2.45) is 17.3 Å². The average Bonchev–Trinajstić information content (AvgIpc) is 2.23. The van der Waals surface area contributed by atoms with Gasteiger partial charge in [0.05, 0.1) is 0 Å². The van der Waals surface area contributed by atoms with Crippen molar-refractivity contribution in [3.05, 3.63) is 0 Å². The van der Waals surface area contributed by atoms with Gasteiger partial charge in [-0.1, -0.05) is 13.3 Å². The molecule has 0 aromatic rings. The highest BCUT2D eigenvalue weighted by molar-refractivity contribution is 5.67. The summed E-state index contributed by atoms with van der Waals surface area (Å²) < 4.78 is 0. The van der Waals surface area contributed by atoms with E-state index in [1.165, 1.54) is 19.3 Å². The molecule has 0 saturated heterocycles. The summed E-state index contributed by atoms with van der Waals surface area (Å²) in [5.41, 5.74) is 0.528. The molecule has 12 heavy (non-hydrogen) atoms. The quantitative estimate of drug-likeness (QED) is 0.686. The lowest BCUT2D eigenvalue weighted by Crippen LogP contribution is -2.42. The third-order valence-electron chi connectivity index (χ3n) is 3.89. The van der Waals surface area contributed by atoms with Crippen LogP contribution in [0.3, 0.4) is 0 Å². The molecule has 0 spiro atoms. The molecule has 2 rings (SSSR count). The van der Waals surface area contributed by atoms with Crippen LogP contribution in [0.2, 0.25) is 0 Å². The van der Waals surface area contributed by atoms with Crippen molar-refractivity contribution in [2.45, 2.75) is 39.0 Å². The molecule has 0 bridgehead atoms. The summed E-state index contributed by atoms with van der Waals surface area (Å²) in [6, 6.07) is 0. The topological polar surface area (TPSA) is 37.3 Å². The van der Waals surface area contributed by atoms with Crippen LogP contribution >= 0.6 is 0 Å². The number of carbonyl (C=O) groups is 1. The molecular weight excluding hydrogens is 152 g/mol. The van der Waals surface area contributed by atoms with Gasteiger partial charge < -0.3 is 5.11 Å². The number of hydrogen-bond donors (Lipinski definition) is 1. The van der Waals surface area contributed by atoms with Crippen molar-refractivity contribution in [3.8, 4) is 0 Å². The molecule has 2 heteroatoms. The van der Waals surface area contributed by atoms with Gasteiger partial charge in [-0.25, -0.2) is 0 Å². The second-order valence-corrected chi connectivity index (χ2v) is 4.71. The molecule has 0 radical (unpaired) electrons. The summed E-state index contributed by atoms with van der Waals surface area (Å²) in [6.07, 6.45) is 5.48. The lowest BCUT2D eigenvalue weighted by atomic mass is 9.55. The summed E-state index contributed by atoms with van der Waals surface area (Å²) in [4.78, 5) is 10.5. The summed E-state index contributed by atoms with van der Waals surface area (Å²) in [5.74, 6) is 0.609. The first-order valence-electron chi connectivity index (χ1n) is 4.84. The SMILES string of the molecule is CC12CCCC1C(CC(=O)O)C2. The molecule has 2 aliphatic rings. The first-order chi connectivity index (χ1) is 5.62. The van der Waals surface area contributed by atoms with Gasteiger partial charge in [-0.15, -0.1) is 0 Å². The fourth-order valence-electron chi connectivity index (χ4n) is 3.34. The standard InChI is InChI=1S/C10H16O2/c1-10-4-2-3-8(10)7(6-10)5-9(11)12/h7-8H,2-6H2,1H3,(H,11,12). The van der Waals surface area contributed by atoms with Crippen LogP contribution in [0.15, 0.2) is 0 Å². The minimum Gasteiger partial charge on any atom is -0.481 e. The zero-order chi connectivity index (χ0) is 8.77. The maximum Gasteiger partial charge on any atom is 0.303 e. The molecule has 2 nitrogen and oxygen atoms in total. The predicted molar refractivity (Wildman–Crippen MR) is 45.8 cm³/mol. The summed E-state index contributed by atoms with van der Waals surface area (Å²) >= 11 is 0. The van der Waals surface area contributed by atoms with Crippen LogP contribution < -0.4 is 0 Å². The molecule has 2 aliphatic carbocycles. The maximum atomic E-state index is 10.5. The lowest BCUT2D eigenvalue weighted by molar-refractivity contribution is -0.141. The van der Waals surface area contributed by atoms with Crippen LogP contribution in [0.1, 0.15) is 39.0 Å². The van der Waals surface area contributed by atoms with E-state index in [9.17, 15) is 4.79 Å². The van der Waals surface area contributed by atoms with Gasteiger partial charge in [-0.2, -0.15) is 0 Å². The van der Waals surface area contributed by atoms with Crippen LogP contribution in [0.5, 0.6) is 0 Å². The van der Waals surface area contributed by atoms with E-state index in [0.717, 1.165) is 12.3 Å². The molecular formula is C10H16O2. The van der Waals surface area contributed by atoms with Crippen molar-refractivity contribution in [3.63, 3.8) is 0 Å². The highest BCUT2D eigenvalue weighted by Crippen LogP contribution is 2.61. The van der Waals surface area contributed by atoms with Crippen molar-refractivity contribution in [1.29, 1.82) is 0 Å². The van der Waals surface area contributed by atoms with Crippen LogP contribution in [0.25, 0.3) is 0 Å². The van der Waals surface area contributed by atoms with Crippen molar-refractivity contribution >= 4 is 5.97 Å². The molecule has 68 valence electrons. The molecule has 1 N–H and O–H groups in total. The zero-order valence-corrected chi connectivity index (χ0v) is 7.55. The van der Waals surface area contributed by atoms with E-state index in [-0.39, 0.29) is 0 Å². The summed E-state index contributed by atoms with van der Waals surface area (Å²) in [6.45, 7) is 2.32. The Labute approximate surface area is 73.0 Å². The van der Waals surface area contributed by atoms with Gasteiger partial charge in [0.25, 0.3) is 0 Å². The predicted octanol–water partition coefficient (Wildman–Crippen LogP) is 2.29. The van der Waals surface area contributed by atoms with E-state index >= 15 is 0 Å². The van der Waals surface area contributed by atoms with Gasteiger partial charge in [0, 0.05) is 6.42 Å². The summed E-state index contributed by atoms with van der Waals surface area (Å²) in [5, 5.41) is 8.65. The first-order valence-corrected chi connectivity index (χ1v) is 4.84. The van der Waals surface area contributed by atoms with E-state index in [0.29, 0.717) is 17.8 Å². The highest BCUT2D eigenvalue weighted by atomic mass is 16.4. The van der Waals surface area contributed by atoms with E-state index < -0.39 is 5.97 Å². The molecule has 0 aliphatic heterocycles. The Balaban J connectivity index is 1.95. The second-order valence-electron chi connectivity index (χ2n) is 4.71. The summed E-state index contributed by atoms with van der Waals surface area (Å²) in [7, 11) is 0. The fourth-order valence-corrected chi connectivity index (χ4v) is 3.34. The first kappa shape index (κ1) is 8.09. The molecule has 0 heterocycles. The van der Waals surface area contributed by atoms with Gasteiger partial charge in [-0.05, 0) is 36.5 Å². The van der Waals surface area contributed by atoms with Gasteiger partial charge in [-0.3, -0.25) is 4.79 Å². The molecule has 2 saturated carbocycles. The van der Waals surface area contributed by atoms with E-state index in [2.05, 4.69) is 6.92 Å². The fraction of sp³-hybridized carbons (Fsp3) is 0.900. The van der Waals surface area contributed by atoms with Gasteiger partial charge in [0.2, 0.25) is 0 Å². The third kappa shape index (κ3) is 1.05. The molecule has 3 unspecified atom stereocenters. The number of carboxylic acids is 1. The van der Waals surface area contributed by atoms with E-state index in [1.54, 1.807) is 0 Å². The monoisotopic (exact) mass is 168 g/mol. The Kier molecular flexibility index (Phi) is 1.67. The second kappa shape index (κ2) is 2.48. The van der Waals surface area contributed by atoms with Crippen LogP contribution in [-0.2, 0) is 4.79 Å². The Hall–Kier alpha value is -0.530. The number of aliphatic carboxylic acids is 1. The number of fused-ring (bicyclic) bond motifs is 1. The molecule has 0 aromatic heterocycles. The van der Waals surface area contributed by atoms with Crippen molar-refractivity contribution < 1.29 is 9.90 Å². The van der Waals surface area contributed by atoms with Crippen LogP contribution in [-0.4, -0.2) is 11.1 Å². The lowest BCUT2D eigenvalue weighted by Gasteiger charge is -2.49. The van der Waals surface area contributed by atoms with Gasteiger partial charge >= 0.3 is 5.97 Å². The van der Waals surface area contributed by atoms with Crippen LogP contribution in [0, 0.1) is 17.3 Å². The van der Waals surface area contributed by atoms with Crippen LogP contribution in [0.4, 0.5) is 0 Å².